The van der Waals surface area contributed by atoms with Crippen molar-refractivity contribution in [2.24, 2.45) is 5.92 Å². The van der Waals surface area contributed by atoms with Crippen molar-refractivity contribution in [2.75, 3.05) is 5.32 Å². The first-order chi connectivity index (χ1) is 16.3. The third-order valence-electron chi connectivity index (χ3n) is 7.00. The average Bonchev–Trinajstić information content (AvgIpc) is 3.42. The third-order valence-corrected chi connectivity index (χ3v) is 7.00. The van der Waals surface area contributed by atoms with Gasteiger partial charge in [0.05, 0.1) is 28.7 Å². The summed E-state index contributed by atoms with van der Waals surface area (Å²) in [6.07, 6.45) is 5.50. The molecule has 0 radical (unpaired) electrons. The van der Waals surface area contributed by atoms with E-state index in [2.05, 4.69) is 25.3 Å². The standard InChI is InChI=1S/C24H26F3N5O2/c25-21-15(5-4-14(31-21)10-13-6-8-24(26,27)9-7-13)20(34)16-11-28-22-19(16)23(30-12-29-22)32-17-2-1-3-18(17)33/h4-5,11-13,17-18,33H,1-3,6-10H2,(H2,28,29,30,32)/t17-,18-/m1/s1. The maximum Gasteiger partial charge on any atom is 0.248 e. The van der Waals surface area contributed by atoms with Crippen LogP contribution >= 0.6 is 0 Å². The van der Waals surface area contributed by atoms with Crippen LogP contribution in [-0.4, -0.2) is 48.9 Å². The van der Waals surface area contributed by atoms with Crippen LogP contribution in [0.15, 0.2) is 24.7 Å². The van der Waals surface area contributed by atoms with Crippen LogP contribution in [0.4, 0.5) is 19.0 Å². The number of hydrogen-bond donors (Lipinski definition) is 3. The van der Waals surface area contributed by atoms with Crippen molar-refractivity contribution in [3.05, 3.63) is 47.4 Å². The van der Waals surface area contributed by atoms with Crippen molar-refractivity contribution in [1.29, 1.82) is 0 Å². The number of alkyl halides is 2. The SMILES string of the molecule is O=C(c1ccc(CC2CCC(F)(F)CC2)nc1F)c1c[nH]c2ncnc(N[C@@H]3CCC[C@H]3O)c12. The summed E-state index contributed by atoms with van der Waals surface area (Å²) >= 11 is 0. The van der Waals surface area contributed by atoms with Gasteiger partial charge in [-0.25, -0.2) is 23.7 Å². The Hall–Kier alpha value is -3.01. The molecule has 180 valence electrons. The van der Waals surface area contributed by atoms with E-state index in [0.717, 1.165) is 12.8 Å². The molecule has 7 nitrogen and oxygen atoms in total. The van der Waals surface area contributed by atoms with Crippen LogP contribution in [0.25, 0.3) is 11.0 Å². The molecule has 0 bridgehead atoms. The molecule has 0 aliphatic heterocycles. The van der Waals surface area contributed by atoms with Crippen LogP contribution in [0.5, 0.6) is 0 Å². The quantitative estimate of drug-likeness (QED) is 0.362. The summed E-state index contributed by atoms with van der Waals surface area (Å²) < 4.78 is 41.7. The number of H-pyrrole nitrogens is 1. The number of aromatic amines is 1. The van der Waals surface area contributed by atoms with E-state index in [-0.39, 0.29) is 35.9 Å². The number of nitrogens with one attached hydrogen (secondary N) is 2. The van der Waals surface area contributed by atoms with Gasteiger partial charge in [-0.05, 0) is 56.6 Å². The van der Waals surface area contributed by atoms with Gasteiger partial charge in [0.15, 0.2) is 5.78 Å². The molecule has 2 atom stereocenters. The highest BCUT2D eigenvalue weighted by atomic mass is 19.3. The number of carbonyl (C=O) groups is 1. The molecule has 0 aromatic carbocycles. The molecule has 2 aliphatic carbocycles. The number of aromatic nitrogens is 4. The fourth-order valence-electron chi connectivity index (χ4n) is 5.04. The van der Waals surface area contributed by atoms with Crippen LogP contribution in [0, 0.1) is 11.9 Å². The van der Waals surface area contributed by atoms with Gasteiger partial charge in [-0.2, -0.15) is 4.39 Å². The summed E-state index contributed by atoms with van der Waals surface area (Å²) in [6.45, 7) is 0. The lowest BCUT2D eigenvalue weighted by Gasteiger charge is -2.28. The average molecular weight is 473 g/mol. The zero-order valence-electron chi connectivity index (χ0n) is 18.5. The zero-order chi connectivity index (χ0) is 23.9. The summed E-state index contributed by atoms with van der Waals surface area (Å²) in [6, 6.07) is 2.80. The van der Waals surface area contributed by atoms with Crippen LogP contribution in [0.1, 0.15) is 66.6 Å². The molecule has 10 heteroatoms. The monoisotopic (exact) mass is 473 g/mol. The number of hydrogen-bond acceptors (Lipinski definition) is 6. The fraction of sp³-hybridized carbons (Fsp3) is 0.500. The molecule has 5 rings (SSSR count). The molecule has 3 heterocycles. The van der Waals surface area contributed by atoms with Crippen molar-refractivity contribution in [2.45, 2.75) is 69.4 Å². The molecule has 2 saturated carbocycles. The highest BCUT2D eigenvalue weighted by Gasteiger charge is 2.35. The Kier molecular flexibility index (Phi) is 6.01. The van der Waals surface area contributed by atoms with Gasteiger partial charge in [0.1, 0.15) is 17.8 Å². The number of anilines is 1. The van der Waals surface area contributed by atoms with Gasteiger partial charge in [-0.3, -0.25) is 4.79 Å². The fourth-order valence-corrected chi connectivity index (χ4v) is 5.04. The Bertz CT molecular complexity index is 1200. The zero-order valence-corrected chi connectivity index (χ0v) is 18.5. The molecule has 2 aliphatic rings. The van der Waals surface area contributed by atoms with E-state index in [4.69, 9.17) is 0 Å². The van der Waals surface area contributed by atoms with Crippen molar-refractivity contribution in [3.63, 3.8) is 0 Å². The number of carbonyl (C=O) groups excluding carboxylic acids is 1. The number of halogens is 3. The van der Waals surface area contributed by atoms with Gasteiger partial charge in [0.2, 0.25) is 11.9 Å². The van der Waals surface area contributed by atoms with Gasteiger partial charge in [0.25, 0.3) is 0 Å². The summed E-state index contributed by atoms with van der Waals surface area (Å²) in [5.74, 6) is -3.64. The largest absolute Gasteiger partial charge is 0.391 e. The van der Waals surface area contributed by atoms with Crippen molar-refractivity contribution in [3.8, 4) is 0 Å². The van der Waals surface area contributed by atoms with Crippen molar-refractivity contribution < 1.29 is 23.1 Å². The first kappa shape index (κ1) is 22.8. The van der Waals surface area contributed by atoms with Gasteiger partial charge in [-0.15, -0.1) is 0 Å². The van der Waals surface area contributed by atoms with Crippen molar-refractivity contribution in [1.82, 2.24) is 19.9 Å². The summed E-state index contributed by atoms with van der Waals surface area (Å²) in [5.41, 5.74) is 0.889. The molecule has 34 heavy (non-hydrogen) atoms. The van der Waals surface area contributed by atoms with Gasteiger partial charge < -0.3 is 15.4 Å². The topological polar surface area (TPSA) is 104 Å². The highest BCUT2D eigenvalue weighted by Crippen LogP contribution is 2.37. The third kappa shape index (κ3) is 4.51. The maximum atomic E-state index is 14.9. The second kappa shape index (κ2) is 8.98. The summed E-state index contributed by atoms with van der Waals surface area (Å²) in [7, 11) is 0. The normalized spacial score (nSPS) is 22.8. The summed E-state index contributed by atoms with van der Waals surface area (Å²) in [5, 5.41) is 13.8. The Balaban J connectivity index is 1.37. The van der Waals surface area contributed by atoms with Crippen molar-refractivity contribution >= 4 is 22.6 Å². The maximum absolute atomic E-state index is 14.9. The Morgan fingerprint density at radius 1 is 1.15 bits per heavy atom. The van der Waals surface area contributed by atoms with Gasteiger partial charge >= 0.3 is 0 Å². The first-order valence-electron chi connectivity index (χ1n) is 11.7. The number of pyridine rings is 1. The van der Waals surface area contributed by atoms with E-state index in [0.29, 0.717) is 48.2 Å². The van der Waals surface area contributed by atoms with Crippen LogP contribution in [0.2, 0.25) is 0 Å². The predicted molar refractivity (Wildman–Crippen MR) is 119 cm³/mol. The lowest BCUT2D eigenvalue weighted by molar-refractivity contribution is -0.0457. The minimum Gasteiger partial charge on any atom is -0.391 e. The molecule has 0 saturated heterocycles. The number of aliphatic hydroxyl groups is 1. The molecular formula is C24H26F3N5O2. The Morgan fingerprint density at radius 3 is 2.65 bits per heavy atom. The molecule has 2 fully saturated rings. The number of ketones is 1. The predicted octanol–water partition coefficient (Wildman–Crippen LogP) is 4.42. The molecule has 3 aromatic rings. The summed E-state index contributed by atoms with van der Waals surface area (Å²) in [4.78, 5) is 28.6. The number of rotatable bonds is 6. The Labute approximate surface area is 194 Å². The van der Waals surface area contributed by atoms with Crippen LogP contribution in [0.3, 0.4) is 0 Å². The number of fused-ring (bicyclic) bond motifs is 1. The van der Waals surface area contributed by atoms with Gasteiger partial charge in [-0.1, -0.05) is 0 Å². The van der Waals surface area contributed by atoms with E-state index < -0.39 is 23.8 Å². The van der Waals surface area contributed by atoms with Crippen LogP contribution < -0.4 is 5.32 Å². The molecule has 0 spiro atoms. The minimum absolute atomic E-state index is 0.0263. The van der Waals surface area contributed by atoms with E-state index in [9.17, 15) is 23.1 Å². The highest BCUT2D eigenvalue weighted by molar-refractivity contribution is 6.18. The second-order valence-electron chi connectivity index (χ2n) is 9.37. The lowest BCUT2D eigenvalue weighted by Crippen LogP contribution is -2.28. The molecule has 3 aromatic heterocycles. The minimum atomic E-state index is -2.61. The first-order valence-corrected chi connectivity index (χ1v) is 11.7. The smallest absolute Gasteiger partial charge is 0.248 e. The molecule has 0 unspecified atom stereocenters. The second-order valence-corrected chi connectivity index (χ2v) is 9.37. The van der Waals surface area contributed by atoms with E-state index >= 15 is 0 Å². The number of nitrogens with zero attached hydrogens (tertiary/aromatic N) is 3. The molecule has 3 N–H and O–H groups in total. The van der Waals surface area contributed by atoms with E-state index in [1.807, 2.05) is 0 Å². The lowest BCUT2D eigenvalue weighted by atomic mass is 9.84. The van der Waals surface area contributed by atoms with Gasteiger partial charge in [0, 0.05) is 24.7 Å². The van der Waals surface area contributed by atoms with E-state index in [1.54, 1.807) is 6.07 Å². The van der Waals surface area contributed by atoms with E-state index in [1.165, 1.54) is 18.6 Å². The van der Waals surface area contributed by atoms with Crippen LogP contribution in [-0.2, 0) is 6.42 Å². The Morgan fingerprint density at radius 2 is 1.94 bits per heavy atom. The molecule has 0 amide bonds. The number of aliphatic hydroxyl groups excluding tert-OH is 1. The molecular weight excluding hydrogens is 447 g/mol.